The predicted molar refractivity (Wildman–Crippen MR) is 86.3 cm³/mol. The van der Waals surface area contributed by atoms with Crippen LogP contribution in [0.15, 0.2) is 61.1 Å². The summed E-state index contributed by atoms with van der Waals surface area (Å²) in [7, 11) is 0. The van der Waals surface area contributed by atoms with Gasteiger partial charge in [-0.2, -0.15) is 0 Å². The number of rotatable bonds is 5. The zero-order chi connectivity index (χ0) is 16.4. The van der Waals surface area contributed by atoms with Crippen LogP contribution in [-0.2, 0) is 5.75 Å². The van der Waals surface area contributed by atoms with Gasteiger partial charge >= 0.3 is 0 Å². The highest BCUT2D eigenvalue weighted by Gasteiger charge is 2.14. The normalized spacial score (nSPS) is 11.0. The van der Waals surface area contributed by atoms with Crippen LogP contribution >= 0.6 is 23.4 Å². The summed E-state index contributed by atoms with van der Waals surface area (Å²) in [4.78, 5) is 0. The lowest BCUT2D eigenvalue weighted by molar-refractivity contribution is 0.446. The van der Waals surface area contributed by atoms with Gasteiger partial charge in [-0.05, 0) is 36.4 Å². The zero-order valence-electron chi connectivity index (χ0n) is 12.0. The van der Waals surface area contributed by atoms with Gasteiger partial charge in [-0.15, -0.1) is 20.4 Å². The van der Waals surface area contributed by atoms with Crippen LogP contribution in [0.4, 0.5) is 0 Å². The minimum Gasteiger partial charge on any atom is -0.459 e. The van der Waals surface area contributed by atoms with Crippen molar-refractivity contribution in [2.75, 3.05) is 0 Å². The monoisotopic (exact) mass is 360 g/mol. The maximum Gasteiger partial charge on any atom is 0.284 e. The third kappa shape index (κ3) is 3.19. The number of thioether (sulfide) groups is 1. The summed E-state index contributed by atoms with van der Waals surface area (Å²) in [5.74, 6) is 2.17. The molecule has 24 heavy (non-hydrogen) atoms. The van der Waals surface area contributed by atoms with Crippen LogP contribution in [0.5, 0.6) is 0 Å². The second-order valence-corrected chi connectivity index (χ2v) is 6.01. The van der Waals surface area contributed by atoms with Crippen LogP contribution < -0.4 is 0 Å². The number of furan rings is 1. The molecule has 0 spiro atoms. The molecular weight excluding hydrogens is 352 g/mol. The van der Waals surface area contributed by atoms with Crippen molar-refractivity contribution in [1.29, 1.82) is 0 Å². The van der Waals surface area contributed by atoms with E-state index in [1.54, 1.807) is 30.5 Å². The highest BCUT2D eigenvalue weighted by molar-refractivity contribution is 7.98. The topological polar surface area (TPSA) is 91.0 Å². The van der Waals surface area contributed by atoms with Crippen molar-refractivity contribution in [3.63, 3.8) is 0 Å². The standard InChI is InChI=1S/C15H9ClN4O3S/c16-10-5-3-9(4-6-10)13-18-17-12(22-13)8-24-15-20-19-14(23-15)11-2-1-7-21-11/h1-7H,8H2. The molecule has 4 aromatic rings. The molecule has 4 rings (SSSR count). The Hall–Kier alpha value is -2.58. The molecular formula is C15H9ClN4O3S. The Morgan fingerprint density at radius 3 is 2.54 bits per heavy atom. The van der Waals surface area contributed by atoms with E-state index < -0.39 is 0 Å². The van der Waals surface area contributed by atoms with E-state index in [0.717, 1.165) is 5.56 Å². The molecule has 0 saturated carbocycles. The molecule has 0 atom stereocenters. The van der Waals surface area contributed by atoms with Crippen LogP contribution in [0, 0.1) is 0 Å². The Morgan fingerprint density at radius 2 is 1.75 bits per heavy atom. The van der Waals surface area contributed by atoms with E-state index in [1.165, 1.54) is 11.8 Å². The summed E-state index contributed by atoms with van der Waals surface area (Å²) in [6.45, 7) is 0. The fourth-order valence-electron chi connectivity index (χ4n) is 1.91. The highest BCUT2D eigenvalue weighted by Crippen LogP contribution is 2.27. The van der Waals surface area contributed by atoms with Crippen LogP contribution in [0.3, 0.4) is 0 Å². The SMILES string of the molecule is Clc1ccc(-c2nnc(CSc3nnc(-c4ccco4)o3)o2)cc1. The van der Waals surface area contributed by atoms with Gasteiger partial charge in [-0.3, -0.25) is 0 Å². The highest BCUT2D eigenvalue weighted by atomic mass is 35.5. The minimum atomic E-state index is 0.329. The summed E-state index contributed by atoms with van der Waals surface area (Å²) >= 11 is 7.16. The number of hydrogen-bond donors (Lipinski definition) is 0. The summed E-state index contributed by atoms with van der Waals surface area (Å²) in [6, 6.07) is 10.7. The van der Waals surface area contributed by atoms with Crippen LogP contribution in [0.1, 0.15) is 5.89 Å². The molecule has 120 valence electrons. The largest absolute Gasteiger partial charge is 0.459 e. The lowest BCUT2D eigenvalue weighted by Crippen LogP contribution is -1.80. The first-order chi connectivity index (χ1) is 11.8. The van der Waals surface area contributed by atoms with Gasteiger partial charge in [0.2, 0.25) is 11.8 Å². The Kier molecular flexibility index (Phi) is 4.06. The number of nitrogens with zero attached hydrogens (tertiary/aromatic N) is 4. The second-order valence-electron chi connectivity index (χ2n) is 4.65. The van der Waals surface area contributed by atoms with Gasteiger partial charge in [0.25, 0.3) is 11.1 Å². The van der Waals surface area contributed by atoms with Crippen molar-refractivity contribution in [2.45, 2.75) is 11.0 Å². The van der Waals surface area contributed by atoms with Gasteiger partial charge in [0.05, 0.1) is 12.0 Å². The van der Waals surface area contributed by atoms with Crippen molar-refractivity contribution in [3.05, 3.63) is 53.6 Å². The smallest absolute Gasteiger partial charge is 0.284 e. The minimum absolute atomic E-state index is 0.329. The van der Waals surface area contributed by atoms with E-state index in [1.807, 2.05) is 12.1 Å². The predicted octanol–water partition coefficient (Wildman–Crippen LogP) is 4.33. The van der Waals surface area contributed by atoms with E-state index >= 15 is 0 Å². The average molecular weight is 361 g/mol. The Labute approximate surface area is 145 Å². The molecule has 0 aliphatic rings. The first-order valence-electron chi connectivity index (χ1n) is 6.86. The van der Waals surface area contributed by atoms with E-state index in [9.17, 15) is 0 Å². The number of benzene rings is 1. The van der Waals surface area contributed by atoms with E-state index in [-0.39, 0.29) is 0 Å². The molecule has 7 nitrogen and oxygen atoms in total. The lowest BCUT2D eigenvalue weighted by atomic mass is 10.2. The molecule has 3 heterocycles. The second kappa shape index (κ2) is 6.50. The van der Waals surface area contributed by atoms with Crippen molar-refractivity contribution in [3.8, 4) is 23.1 Å². The van der Waals surface area contributed by atoms with Crippen molar-refractivity contribution < 1.29 is 13.3 Å². The molecule has 0 saturated heterocycles. The summed E-state index contributed by atoms with van der Waals surface area (Å²) in [6.07, 6.45) is 1.54. The lowest BCUT2D eigenvalue weighted by Gasteiger charge is -1.94. The van der Waals surface area contributed by atoms with E-state index in [4.69, 9.17) is 24.9 Å². The molecule has 0 unspecified atom stereocenters. The van der Waals surface area contributed by atoms with Crippen molar-refractivity contribution in [1.82, 2.24) is 20.4 Å². The molecule has 0 radical (unpaired) electrons. The Morgan fingerprint density at radius 1 is 0.917 bits per heavy atom. The molecule has 3 aromatic heterocycles. The Balaban J connectivity index is 1.42. The van der Waals surface area contributed by atoms with Gasteiger partial charge in [-0.25, -0.2) is 0 Å². The van der Waals surface area contributed by atoms with E-state index in [0.29, 0.717) is 39.4 Å². The fraction of sp³-hybridized carbons (Fsp3) is 0.0667. The first kappa shape index (κ1) is 15.0. The Bertz CT molecular complexity index is 934. The number of hydrogen-bond acceptors (Lipinski definition) is 8. The van der Waals surface area contributed by atoms with Crippen LogP contribution in [0.25, 0.3) is 23.1 Å². The molecule has 0 aliphatic carbocycles. The summed E-state index contributed by atoms with van der Waals surface area (Å²) in [5, 5.41) is 16.9. The molecule has 0 bridgehead atoms. The average Bonchev–Trinajstić information content (AvgIpc) is 3.34. The fourth-order valence-corrected chi connectivity index (χ4v) is 2.64. The van der Waals surface area contributed by atoms with Crippen molar-refractivity contribution in [2.24, 2.45) is 0 Å². The summed E-state index contributed by atoms with van der Waals surface area (Å²) < 4.78 is 16.3. The van der Waals surface area contributed by atoms with Gasteiger partial charge in [0, 0.05) is 10.6 Å². The van der Waals surface area contributed by atoms with Crippen LogP contribution in [0.2, 0.25) is 5.02 Å². The molecule has 0 aliphatic heterocycles. The molecule has 0 amide bonds. The maximum atomic E-state index is 5.86. The summed E-state index contributed by atoms with van der Waals surface area (Å²) in [5.41, 5.74) is 0.807. The number of aromatic nitrogens is 4. The van der Waals surface area contributed by atoms with Gasteiger partial charge in [0.1, 0.15) is 0 Å². The van der Waals surface area contributed by atoms with Gasteiger partial charge in [-0.1, -0.05) is 23.4 Å². The first-order valence-corrected chi connectivity index (χ1v) is 8.23. The van der Waals surface area contributed by atoms with Crippen LogP contribution in [-0.4, -0.2) is 20.4 Å². The van der Waals surface area contributed by atoms with Gasteiger partial charge < -0.3 is 13.3 Å². The molecule has 1 aromatic carbocycles. The quantitative estimate of drug-likeness (QED) is 0.486. The van der Waals surface area contributed by atoms with Crippen molar-refractivity contribution >= 4 is 23.4 Å². The molecule has 0 fully saturated rings. The third-order valence-corrected chi connectivity index (χ3v) is 4.07. The molecule has 9 heteroatoms. The zero-order valence-corrected chi connectivity index (χ0v) is 13.6. The maximum absolute atomic E-state index is 5.86. The number of halogens is 1. The van der Waals surface area contributed by atoms with Gasteiger partial charge in [0.15, 0.2) is 5.76 Å². The van der Waals surface area contributed by atoms with E-state index in [2.05, 4.69) is 20.4 Å². The third-order valence-electron chi connectivity index (χ3n) is 3.02. The molecule has 0 N–H and O–H groups in total.